The number of para-hydroxylation sites is 2. The number of rotatable bonds is 4. The third kappa shape index (κ3) is 4.24. The molecule has 3 heteroatoms. The van der Waals surface area contributed by atoms with Gasteiger partial charge in [0.15, 0.2) is 0 Å². The molecule has 3 heterocycles. The van der Waals surface area contributed by atoms with E-state index in [4.69, 9.17) is 0 Å². The SMILES string of the molecule is CC(C)(C)c1ccc(-c2ccc3c(c2)N2c4c(ccc5c4B3c3ccc(N(c4ccccc4)c4ccccc4)cc3-5)C3(C)CCCCC23C)cc1. The maximum atomic E-state index is 2.84. The van der Waals surface area contributed by atoms with E-state index in [1.54, 1.807) is 5.56 Å². The van der Waals surface area contributed by atoms with Gasteiger partial charge in [-0.25, -0.2) is 0 Å². The van der Waals surface area contributed by atoms with Crippen molar-refractivity contribution < 1.29 is 0 Å². The van der Waals surface area contributed by atoms with E-state index in [0.717, 1.165) is 0 Å². The molecule has 1 aliphatic carbocycles. The zero-order valence-corrected chi connectivity index (χ0v) is 30.5. The van der Waals surface area contributed by atoms with E-state index < -0.39 is 0 Å². The Bertz CT molecular complexity index is 2300. The van der Waals surface area contributed by atoms with Crippen LogP contribution in [0.25, 0.3) is 22.3 Å². The van der Waals surface area contributed by atoms with Gasteiger partial charge in [0.25, 0.3) is 0 Å². The molecular formula is C48H45BN2. The molecule has 6 aromatic rings. The summed E-state index contributed by atoms with van der Waals surface area (Å²) in [5, 5.41) is 0. The fraction of sp³-hybridized carbons (Fsp3) is 0.250. The predicted octanol–water partition coefficient (Wildman–Crippen LogP) is 10.7. The molecule has 0 N–H and O–H groups in total. The van der Waals surface area contributed by atoms with Gasteiger partial charge in [-0.3, -0.25) is 0 Å². The first-order chi connectivity index (χ1) is 24.7. The molecular weight excluding hydrogens is 615 g/mol. The van der Waals surface area contributed by atoms with Crippen LogP contribution < -0.4 is 26.2 Å². The molecule has 51 heavy (non-hydrogen) atoms. The highest BCUT2D eigenvalue weighted by Crippen LogP contribution is 2.62. The third-order valence-electron chi connectivity index (χ3n) is 13.2. The van der Waals surface area contributed by atoms with Gasteiger partial charge in [0, 0.05) is 33.9 Å². The highest BCUT2D eigenvalue weighted by atomic mass is 15.3. The van der Waals surface area contributed by atoms with Crippen LogP contribution in [-0.4, -0.2) is 12.3 Å². The molecule has 2 unspecified atom stereocenters. The second-order valence-electron chi connectivity index (χ2n) is 16.9. The second-order valence-corrected chi connectivity index (χ2v) is 16.9. The first-order valence-electron chi connectivity index (χ1n) is 18.9. The molecule has 0 bridgehead atoms. The van der Waals surface area contributed by atoms with Crippen molar-refractivity contribution in [1.82, 2.24) is 0 Å². The van der Waals surface area contributed by atoms with Gasteiger partial charge in [-0.15, -0.1) is 0 Å². The Hall–Kier alpha value is -5.02. The van der Waals surface area contributed by atoms with E-state index in [0.29, 0.717) is 0 Å². The Labute approximate surface area is 303 Å². The standard InChI is InChI=1S/C48H45BN2/c1-46(2,3)34-21-18-32(19-22-34)33-20-26-42-43(30-33)51-45-40(47(4)28-12-13-29-48(47,51)5)25-24-38-39-31-37(23-27-41(39)49(42)44(38)45)50(35-14-8-6-9-15-35)36-16-10-7-11-17-36/h6-11,14-27,30-31H,12-13,28-29H2,1-5H3. The van der Waals surface area contributed by atoms with E-state index in [9.17, 15) is 0 Å². The first-order valence-corrected chi connectivity index (χ1v) is 18.9. The molecule has 1 fully saturated rings. The lowest BCUT2D eigenvalue weighted by molar-refractivity contribution is 0.195. The highest BCUT2D eigenvalue weighted by Gasteiger charge is 2.61. The largest absolute Gasteiger partial charge is 0.335 e. The maximum absolute atomic E-state index is 2.84. The number of benzene rings is 6. The quantitative estimate of drug-likeness (QED) is 0.173. The first kappa shape index (κ1) is 30.8. The summed E-state index contributed by atoms with van der Waals surface area (Å²) in [4.78, 5) is 5.24. The van der Waals surface area contributed by atoms with E-state index >= 15 is 0 Å². The topological polar surface area (TPSA) is 6.48 Å². The van der Waals surface area contributed by atoms with Crippen LogP contribution in [0, 0.1) is 0 Å². The molecule has 4 aliphatic rings. The lowest BCUT2D eigenvalue weighted by Gasteiger charge is -2.51. The molecule has 0 aromatic heterocycles. The van der Waals surface area contributed by atoms with E-state index in [-0.39, 0.29) is 23.1 Å². The van der Waals surface area contributed by atoms with Crippen molar-refractivity contribution in [3.8, 4) is 22.3 Å². The summed E-state index contributed by atoms with van der Waals surface area (Å²) in [7, 11) is 0. The summed E-state index contributed by atoms with van der Waals surface area (Å²) in [5.74, 6) is 0. The number of anilines is 5. The summed E-state index contributed by atoms with van der Waals surface area (Å²) >= 11 is 0. The second kappa shape index (κ2) is 10.7. The minimum Gasteiger partial charge on any atom is -0.335 e. The Morgan fingerprint density at radius 1 is 0.608 bits per heavy atom. The molecule has 3 aliphatic heterocycles. The molecule has 2 atom stereocenters. The number of nitrogens with zero attached hydrogens (tertiary/aromatic N) is 2. The van der Waals surface area contributed by atoms with Crippen LogP contribution in [0.2, 0.25) is 0 Å². The van der Waals surface area contributed by atoms with Crippen molar-refractivity contribution in [3.63, 3.8) is 0 Å². The minimum atomic E-state index is 0.0223. The Kier molecular flexibility index (Phi) is 6.49. The molecule has 2 nitrogen and oxygen atoms in total. The van der Waals surface area contributed by atoms with Gasteiger partial charge in [0.2, 0.25) is 6.71 Å². The molecule has 250 valence electrons. The van der Waals surface area contributed by atoms with Crippen LogP contribution in [0.5, 0.6) is 0 Å². The van der Waals surface area contributed by atoms with E-state index in [2.05, 4.69) is 178 Å². The smallest absolute Gasteiger partial charge is 0.248 e. The fourth-order valence-corrected chi connectivity index (χ4v) is 10.3. The van der Waals surface area contributed by atoms with Crippen molar-refractivity contribution in [3.05, 3.63) is 145 Å². The van der Waals surface area contributed by atoms with Crippen LogP contribution in [0.15, 0.2) is 133 Å². The number of hydrogen-bond acceptors (Lipinski definition) is 2. The summed E-state index contributed by atoms with van der Waals surface area (Å²) in [6.45, 7) is 12.3. The number of fused-ring (bicyclic) bond motifs is 9. The Morgan fingerprint density at radius 2 is 1.25 bits per heavy atom. The summed E-state index contributed by atoms with van der Waals surface area (Å²) in [6.07, 6.45) is 5.02. The van der Waals surface area contributed by atoms with Gasteiger partial charge in [-0.05, 0) is 112 Å². The zero-order chi connectivity index (χ0) is 34.7. The Morgan fingerprint density at radius 3 is 1.94 bits per heavy atom. The van der Waals surface area contributed by atoms with E-state index in [1.165, 1.54) is 98.3 Å². The van der Waals surface area contributed by atoms with Crippen LogP contribution in [-0.2, 0) is 10.8 Å². The molecule has 0 spiro atoms. The lowest BCUT2D eigenvalue weighted by Crippen LogP contribution is -2.60. The summed E-state index contributed by atoms with van der Waals surface area (Å²) < 4.78 is 0. The van der Waals surface area contributed by atoms with Crippen molar-refractivity contribution in [2.45, 2.75) is 76.7 Å². The van der Waals surface area contributed by atoms with Crippen LogP contribution >= 0.6 is 0 Å². The number of hydrogen-bond donors (Lipinski definition) is 0. The summed E-state index contributed by atoms with van der Waals surface area (Å²) in [6, 6.07) is 50.5. The van der Waals surface area contributed by atoms with Gasteiger partial charge in [0.05, 0.1) is 5.54 Å². The molecule has 0 amide bonds. The summed E-state index contributed by atoms with van der Waals surface area (Å²) in [5.41, 5.74) is 19.4. The molecule has 6 aromatic carbocycles. The van der Waals surface area contributed by atoms with Crippen LogP contribution in [0.3, 0.4) is 0 Å². The van der Waals surface area contributed by atoms with Gasteiger partial charge in [0.1, 0.15) is 0 Å². The average Bonchev–Trinajstić information content (AvgIpc) is 3.59. The van der Waals surface area contributed by atoms with Crippen LogP contribution in [0.4, 0.5) is 28.4 Å². The molecule has 1 saturated carbocycles. The Balaban J connectivity index is 1.19. The minimum absolute atomic E-state index is 0.0223. The van der Waals surface area contributed by atoms with Crippen LogP contribution in [0.1, 0.15) is 71.4 Å². The predicted molar refractivity (Wildman–Crippen MR) is 218 cm³/mol. The van der Waals surface area contributed by atoms with Crippen molar-refractivity contribution in [2.24, 2.45) is 0 Å². The molecule has 0 saturated heterocycles. The fourth-order valence-electron chi connectivity index (χ4n) is 10.3. The van der Waals surface area contributed by atoms with Crippen molar-refractivity contribution >= 4 is 51.5 Å². The average molecular weight is 661 g/mol. The van der Waals surface area contributed by atoms with Gasteiger partial charge in [-0.1, -0.05) is 137 Å². The van der Waals surface area contributed by atoms with Gasteiger partial charge in [-0.2, -0.15) is 0 Å². The third-order valence-corrected chi connectivity index (χ3v) is 13.2. The molecule has 10 rings (SSSR count). The normalized spacial score (nSPS) is 20.8. The van der Waals surface area contributed by atoms with Crippen molar-refractivity contribution in [2.75, 3.05) is 9.80 Å². The maximum Gasteiger partial charge on any atom is 0.248 e. The van der Waals surface area contributed by atoms with Gasteiger partial charge < -0.3 is 9.80 Å². The molecule has 0 radical (unpaired) electrons. The van der Waals surface area contributed by atoms with Gasteiger partial charge >= 0.3 is 0 Å². The highest BCUT2D eigenvalue weighted by molar-refractivity contribution is 7.01. The van der Waals surface area contributed by atoms with Crippen molar-refractivity contribution in [1.29, 1.82) is 0 Å². The van der Waals surface area contributed by atoms with E-state index in [1.807, 2.05) is 0 Å². The lowest BCUT2D eigenvalue weighted by atomic mass is 9.37. The monoisotopic (exact) mass is 660 g/mol. The zero-order valence-electron chi connectivity index (χ0n) is 30.5.